The van der Waals surface area contributed by atoms with Crippen molar-refractivity contribution in [3.63, 3.8) is 0 Å². The molecule has 27 heavy (non-hydrogen) atoms. The number of aryl methyl sites for hydroxylation is 1. The highest BCUT2D eigenvalue weighted by Crippen LogP contribution is 2.26. The highest BCUT2D eigenvalue weighted by molar-refractivity contribution is 5.95. The maximum absolute atomic E-state index is 11.6. The Labute approximate surface area is 156 Å². The van der Waals surface area contributed by atoms with E-state index >= 15 is 0 Å². The van der Waals surface area contributed by atoms with Gasteiger partial charge in [-0.05, 0) is 32.0 Å². The van der Waals surface area contributed by atoms with Crippen LogP contribution in [0.5, 0.6) is 0 Å². The van der Waals surface area contributed by atoms with E-state index in [2.05, 4.69) is 20.2 Å². The van der Waals surface area contributed by atoms with Gasteiger partial charge in [0.25, 0.3) is 5.89 Å². The van der Waals surface area contributed by atoms with E-state index < -0.39 is 0 Å². The second kappa shape index (κ2) is 6.92. The monoisotopic (exact) mass is 356 g/mol. The highest BCUT2D eigenvalue weighted by Gasteiger charge is 2.16. The van der Waals surface area contributed by atoms with Crippen LogP contribution in [0.25, 0.3) is 34.3 Å². The molecule has 0 unspecified atom stereocenters. The van der Waals surface area contributed by atoms with Crippen molar-refractivity contribution in [1.82, 2.24) is 20.2 Å². The first kappa shape index (κ1) is 16.8. The summed E-state index contributed by atoms with van der Waals surface area (Å²) < 4.78 is 5.81. The molecule has 2 aromatic heterocycles. The fourth-order valence-corrected chi connectivity index (χ4v) is 2.70. The van der Waals surface area contributed by atoms with E-state index in [9.17, 15) is 4.79 Å². The Morgan fingerprint density at radius 1 is 0.926 bits per heavy atom. The first-order chi connectivity index (χ1) is 13.1. The summed E-state index contributed by atoms with van der Waals surface area (Å²) in [6, 6.07) is 16.8. The van der Waals surface area contributed by atoms with Gasteiger partial charge in [0, 0.05) is 16.7 Å². The van der Waals surface area contributed by atoms with Gasteiger partial charge in [-0.3, -0.25) is 9.78 Å². The molecule has 0 aliphatic heterocycles. The maximum atomic E-state index is 11.6. The molecular weight excluding hydrogens is 340 g/mol. The quantitative estimate of drug-likeness (QED) is 0.505. The van der Waals surface area contributed by atoms with Gasteiger partial charge >= 0.3 is 0 Å². The van der Waals surface area contributed by atoms with Crippen molar-refractivity contribution in [2.75, 3.05) is 0 Å². The molecule has 2 aromatic carbocycles. The molecule has 4 aromatic rings. The first-order valence-corrected chi connectivity index (χ1v) is 8.46. The van der Waals surface area contributed by atoms with Crippen molar-refractivity contribution in [2.45, 2.75) is 13.8 Å². The molecule has 0 saturated carbocycles. The second-order valence-corrected chi connectivity index (χ2v) is 6.10. The lowest BCUT2D eigenvalue weighted by Gasteiger charge is -2.06. The van der Waals surface area contributed by atoms with Gasteiger partial charge in [0.2, 0.25) is 5.89 Å². The Hall–Kier alpha value is -3.67. The van der Waals surface area contributed by atoms with Crippen molar-refractivity contribution >= 4 is 5.78 Å². The molecule has 0 aliphatic rings. The summed E-state index contributed by atoms with van der Waals surface area (Å²) in [6.45, 7) is 3.37. The molecule has 132 valence electrons. The molecule has 0 amide bonds. The molecule has 4 rings (SSSR count). The lowest BCUT2D eigenvalue weighted by molar-refractivity contribution is 0.101. The van der Waals surface area contributed by atoms with E-state index in [0.29, 0.717) is 34.4 Å². The minimum atomic E-state index is 0.00143. The average Bonchev–Trinajstić information content (AvgIpc) is 3.19. The highest BCUT2D eigenvalue weighted by atomic mass is 16.4. The predicted octanol–water partition coefficient (Wildman–Crippen LogP) is 4.37. The predicted molar refractivity (Wildman–Crippen MR) is 101 cm³/mol. The summed E-state index contributed by atoms with van der Waals surface area (Å²) in [7, 11) is 0. The third-order valence-electron chi connectivity index (χ3n) is 4.17. The molecule has 6 heteroatoms. The maximum Gasteiger partial charge on any atom is 0.268 e. The van der Waals surface area contributed by atoms with Crippen LogP contribution in [0.15, 0.2) is 65.2 Å². The van der Waals surface area contributed by atoms with E-state index in [-0.39, 0.29) is 5.78 Å². The largest absolute Gasteiger partial charge is 0.415 e. The molecular formula is C21H16N4O2. The molecule has 6 nitrogen and oxygen atoms in total. The SMILES string of the molecule is CC(=O)c1cccc(-c2cnc(C)c(-c3nnc(-c4ccccc4)o3)n2)c1. The van der Waals surface area contributed by atoms with Crippen LogP contribution in [0.1, 0.15) is 23.0 Å². The first-order valence-electron chi connectivity index (χ1n) is 8.46. The molecule has 0 atom stereocenters. The second-order valence-electron chi connectivity index (χ2n) is 6.10. The Bertz CT molecular complexity index is 1120. The average molecular weight is 356 g/mol. The minimum Gasteiger partial charge on any atom is -0.415 e. The van der Waals surface area contributed by atoms with Gasteiger partial charge in [-0.25, -0.2) is 4.98 Å². The van der Waals surface area contributed by atoms with Crippen molar-refractivity contribution in [2.24, 2.45) is 0 Å². The third-order valence-corrected chi connectivity index (χ3v) is 4.17. The van der Waals surface area contributed by atoms with Crippen LogP contribution in [0.3, 0.4) is 0 Å². The van der Waals surface area contributed by atoms with E-state index in [1.54, 1.807) is 18.3 Å². The number of hydrogen-bond donors (Lipinski definition) is 0. The third kappa shape index (κ3) is 3.37. The van der Waals surface area contributed by atoms with Gasteiger partial charge in [0.05, 0.1) is 17.6 Å². The summed E-state index contributed by atoms with van der Waals surface area (Å²) in [5.41, 5.74) is 4.12. The summed E-state index contributed by atoms with van der Waals surface area (Å²) in [5, 5.41) is 8.25. The van der Waals surface area contributed by atoms with Crippen LogP contribution in [0.4, 0.5) is 0 Å². The number of ketones is 1. The summed E-state index contributed by atoms with van der Waals surface area (Å²) in [5.74, 6) is 0.737. The van der Waals surface area contributed by atoms with Gasteiger partial charge in [-0.15, -0.1) is 10.2 Å². The van der Waals surface area contributed by atoms with Crippen molar-refractivity contribution in [3.8, 4) is 34.3 Å². The molecule has 0 spiro atoms. The fraction of sp³-hybridized carbons (Fsp3) is 0.0952. The van der Waals surface area contributed by atoms with Crippen molar-refractivity contribution < 1.29 is 9.21 Å². The van der Waals surface area contributed by atoms with Crippen molar-refractivity contribution in [3.05, 3.63) is 72.1 Å². The minimum absolute atomic E-state index is 0.00143. The van der Waals surface area contributed by atoms with Gasteiger partial charge in [0.1, 0.15) is 5.69 Å². The Morgan fingerprint density at radius 3 is 2.44 bits per heavy atom. The summed E-state index contributed by atoms with van der Waals surface area (Å²) in [4.78, 5) is 20.7. The van der Waals surface area contributed by atoms with Crippen LogP contribution >= 0.6 is 0 Å². The van der Waals surface area contributed by atoms with Gasteiger partial charge < -0.3 is 4.42 Å². The lowest BCUT2D eigenvalue weighted by atomic mass is 10.1. The summed E-state index contributed by atoms with van der Waals surface area (Å²) >= 11 is 0. The Kier molecular flexibility index (Phi) is 4.30. The van der Waals surface area contributed by atoms with Crippen molar-refractivity contribution in [1.29, 1.82) is 0 Å². The molecule has 0 radical (unpaired) electrons. The smallest absolute Gasteiger partial charge is 0.268 e. The van der Waals surface area contributed by atoms with Crippen LogP contribution in [0.2, 0.25) is 0 Å². The van der Waals surface area contributed by atoms with E-state index in [0.717, 1.165) is 11.1 Å². The zero-order chi connectivity index (χ0) is 18.8. The number of hydrogen-bond acceptors (Lipinski definition) is 6. The number of carbonyl (C=O) groups excluding carboxylic acids is 1. The number of rotatable bonds is 4. The molecule has 2 heterocycles. The van der Waals surface area contributed by atoms with Crippen LogP contribution in [-0.4, -0.2) is 25.9 Å². The molecule has 0 N–H and O–H groups in total. The van der Waals surface area contributed by atoms with Gasteiger partial charge in [-0.1, -0.05) is 36.4 Å². The Balaban J connectivity index is 1.75. The molecule has 0 aliphatic carbocycles. The number of aromatic nitrogens is 4. The molecule has 0 bridgehead atoms. The normalized spacial score (nSPS) is 10.7. The van der Waals surface area contributed by atoms with Gasteiger partial charge in [0.15, 0.2) is 5.78 Å². The topological polar surface area (TPSA) is 81.8 Å². The van der Waals surface area contributed by atoms with E-state index in [1.165, 1.54) is 6.92 Å². The van der Waals surface area contributed by atoms with Gasteiger partial charge in [-0.2, -0.15) is 0 Å². The van der Waals surface area contributed by atoms with Crippen LogP contribution in [0, 0.1) is 6.92 Å². The number of benzene rings is 2. The zero-order valence-electron chi connectivity index (χ0n) is 14.9. The molecule has 0 saturated heterocycles. The van der Waals surface area contributed by atoms with E-state index in [1.807, 2.05) is 49.4 Å². The Morgan fingerprint density at radius 2 is 1.67 bits per heavy atom. The van der Waals surface area contributed by atoms with Crippen LogP contribution < -0.4 is 0 Å². The number of nitrogens with zero attached hydrogens (tertiary/aromatic N) is 4. The number of Topliss-reactive ketones (excluding diaryl/α,β-unsaturated/α-hetero) is 1. The lowest BCUT2D eigenvalue weighted by Crippen LogP contribution is -1.97. The van der Waals surface area contributed by atoms with Crippen LogP contribution in [-0.2, 0) is 0 Å². The fourth-order valence-electron chi connectivity index (χ4n) is 2.70. The zero-order valence-corrected chi connectivity index (χ0v) is 14.9. The molecule has 0 fully saturated rings. The number of carbonyl (C=O) groups is 1. The summed E-state index contributed by atoms with van der Waals surface area (Å²) in [6.07, 6.45) is 1.67. The van der Waals surface area contributed by atoms with E-state index in [4.69, 9.17) is 4.42 Å². The standard InChI is InChI=1S/C21H16N4O2/c1-13-19(21-25-24-20(27-21)15-7-4-3-5-8-15)23-18(12-22-13)17-10-6-9-16(11-17)14(2)26/h3-12H,1-2H3.